The van der Waals surface area contributed by atoms with Crippen molar-refractivity contribution in [3.63, 3.8) is 0 Å². The third-order valence-corrected chi connectivity index (χ3v) is 3.70. The second-order valence-corrected chi connectivity index (χ2v) is 5.21. The normalized spacial score (nSPS) is 14.0. The van der Waals surface area contributed by atoms with E-state index in [0.29, 0.717) is 17.4 Å². The zero-order valence-corrected chi connectivity index (χ0v) is 11.9. The van der Waals surface area contributed by atoms with Gasteiger partial charge in [0.1, 0.15) is 5.82 Å². The SMILES string of the molecule is Cc1ncc(Cl)c(C(=O)N2CCCc3ccccc32)n1. The van der Waals surface area contributed by atoms with Crippen molar-refractivity contribution in [1.82, 2.24) is 9.97 Å². The molecule has 0 unspecified atom stereocenters. The van der Waals surface area contributed by atoms with E-state index in [9.17, 15) is 4.79 Å². The fourth-order valence-corrected chi connectivity index (χ4v) is 2.65. The van der Waals surface area contributed by atoms with Crippen LogP contribution in [0.4, 0.5) is 5.69 Å². The van der Waals surface area contributed by atoms with Crippen molar-refractivity contribution in [2.75, 3.05) is 11.4 Å². The number of rotatable bonds is 1. The van der Waals surface area contributed by atoms with Crippen LogP contribution < -0.4 is 4.90 Å². The van der Waals surface area contributed by atoms with Crippen molar-refractivity contribution < 1.29 is 4.79 Å². The Labute approximate surface area is 122 Å². The predicted octanol–water partition coefficient (Wildman–Crippen LogP) is 3.03. The van der Waals surface area contributed by atoms with Crippen LogP contribution in [0, 0.1) is 6.92 Å². The van der Waals surface area contributed by atoms with Crippen LogP contribution in [0.5, 0.6) is 0 Å². The maximum atomic E-state index is 12.7. The Balaban J connectivity index is 2.02. The summed E-state index contributed by atoms with van der Waals surface area (Å²) in [6, 6.07) is 7.96. The molecule has 0 fully saturated rings. The molecule has 1 aromatic heterocycles. The smallest absolute Gasteiger partial charge is 0.278 e. The molecule has 2 aromatic rings. The molecule has 2 heterocycles. The largest absolute Gasteiger partial charge is 0.307 e. The summed E-state index contributed by atoms with van der Waals surface area (Å²) in [6.07, 6.45) is 3.42. The van der Waals surface area contributed by atoms with E-state index >= 15 is 0 Å². The predicted molar refractivity (Wildman–Crippen MR) is 78.2 cm³/mol. The fraction of sp³-hybridized carbons (Fsp3) is 0.267. The van der Waals surface area contributed by atoms with Gasteiger partial charge in [0.15, 0.2) is 5.69 Å². The second kappa shape index (κ2) is 5.21. The number of benzene rings is 1. The van der Waals surface area contributed by atoms with E-state index in [4.69, 9.17) is 11.6 Å². The molecule has 0 N–H and O–H groups in total. The standard InChI is InChI=1S/C15H14ClN3O/c1-10-17-9-12(16)14(18-10)15(20)19-8-4-6-11-5-2-3-7-13(11)19/h2-3,5,7,9H,4,6,8H2,1H3. The summed E-state index contributed by atoms with van der Waals surface area (Å²) in [5.41, 5.74) is 2.42. The zero-order valence-electron chi connectivity index (χ0n) is 11.1. The van der Waals surface area contributed by atoms with Crippen LogP contribution in [0.3, 0.4) is 0 Å². The third kappa shape index (κ3) is 2.27. The summed E-state index contributed by atoms with van der Waals surface area (Å²) in [4.78, 5) is 22.6. The minimum Gasteiger partial charge on any atom is -0.307 e. The van der Waals surface area contributed by atoms with Gasteiger partial charge >= 0.3 is 0 Å². The Bertz CT molecular complexity index is 672. The van der Waals surface area contributed by atoms with Crippen LogP contribution in [0.25, 0.3) is 0 Å². The van der Waals surface area contributed by atoms with Crippen LogP contribution in [0.2, 0.25) is 5.02 Å². The topological polar surface area (TPSA) is 46.1 Å². The lowest BCUT2D eigenvalue weighted by molar-refractivity contribution is 0.0980. The first-order valence-electron chi connectivity index (χ1n) is 6.56. The summed E-state index contributed by atoms with van der Waals surface area (Å²) >= 11 is 6.06. The fourth-order valence-electron chi connectivity index (χ4n) is 2.48. The van der Waals surface area contributed by atoms with E-state index in [0.717, 1.165) is 18.5 Å². The van der Waals surface area contributed by atoms with Gasteiger partial charge in [-0.15, -0.1) is 0 Å². The third-order valence-electron chi connectivity index (χ3n) is 3.42. The number of fused-ring (bicyclic) bond motifs is 1. The molecule has 0 atom stereocenters. The molecule has 0 radical (unpaired) electrons. The Morgan fingerprint density at radius 2 is 2.15 bits per heavy atom. The van der Waals surface area contributed by atoms with Crippen LogP contribution in [0.1, 0.15) is 28.3 Å². The summed E-state index contributed by atoms with van der Waals surface area (Å²) < 4.78 is 0. The molecule has 0 saturated heterocycles. The van der Waals surface area contributed by atoms with Gasteiger partial charge in [-0.3, -0.25) is 4.79 Å². The molecule has 0 bridgehead atoms. The zero-order chi connectivity index (χ0) is 14.1. The summed E-state index contributed by atoms with van der Waals surface area (Å²) in [5.74, 6) is 0.385. The van der Waals surface area contributed by atoms with Crippen LogP contribution >= 0.6 is 11.6 Å². The maximum Gasteiger partial charge on any atom is 0.278 e. The summed E-state index contributed by atoms with van der Waals surface area (Å²) in [7, 11) is 0. The van der Waals surface area contributed by atoms with Gasteiger partial charge in [-0.1, -0.05) is 29.8 Å². The van der Waals surface area contributed by atoms with Gasteiger partial charge < -0.3 is 4.90 Å². The minimum atomic E-state index is -0.160. The van der Waals surface area contributed by atoms with E-state index in [1.54, 1.807) is 11.8 Å². The highest BCUT2D eigenvalue weighted by Gasteiger charge is 2.25. The highest BCUT2D eigenvalue weighted by molar-refractivity contribution is 6.34. The van der Waals surface area contributed by atoms with Crippen molar-refractivity contribution in [3.8, 4) is 0 Å². The second-order valence-electron chi connectivity index (χ2n) is 4.80. The van der Waals surface area contributed by atoms with Crippen molar-refractivity contribution in [3.05, 3.63) is 52.6 Å². The number of para-hydroxylation sites is 1. The Hall–Kier alpha value is -1.94. The summed E-state index contributed by atoms with van der Waals surface area (Å²) in [6.45, 7) is 2.44. The van der Waals surface area contributed by atoms with Gasteiger partial charge in [0.25, 0.3) is 5.91 Å². The van der Waals surface area contributed by atoms with Crippen molar-refractivity contribution >= 4 is 23.2 Å². The molecule has 1 aliphatic heterocycles. The van der Waals surface area contributed by atoms with Crippen LogP contribution in [-0.2, 0) is 6.42 Å². The molecular formula is C15H14ClN3O. The molecule has 3 rings (SSSR count). The molecule has 20 heavy (non-hydrogen) atoms. The van der Waals surface area contributed by atoms with Gasteiger partial charge in [-0.05, 0) is 31.4 Å². The Morgan fingerprint density at radius 1 is 1.35 bits per heavy atom. The van der Waals surface area contributed by atoms with Gasteiger partial charge in [0.2, 0.25) is 0 Å². The lowest BCUT2D eigenvalue weighted by Crippen LogP contribution is -2.36. The summed E-state index contributed by atoms with van der Waals surface area (Å²) in [5, 5.41) is 0.295. The number of anilines is 1. The van der Waals surface area contributed by atoms with Crippen LogP contribution in [-0.4, -0.2) is 22.4 Å². The molecule has 5 heteroatoms. The minimum absolute atomic E-state index is 0.160. The van der Waals surface area contributed by atoms with Crippen LogP contribution in [0.15, 0.2) is 30.5 Å². The number of aromatic nitrogens is 2. The number of halogens is 1. The van der Waals surface area contributed by atoms with E-state index in [2.05, 4.69) is 16.0 Å². The quantitative estimate of drug-likeness (QED) is 0.810. The molecule has 1 aromatic carbocycles. The lowest BCUT2D eigenvalue weighted by Gasteiger charge is -2.29. The molecule has 0 aliphatic carbocycles. The highest BCUT2D eigenvalue weighted by atomic mass is 35.5. The van der Waals surface area contributed by atoms with Gasteiger partial charge in [-0.25, -0.2) is 9.97 Å². The average molecular weight is 288 g/mol. The lowest BCUT2D eigenvalue weighted by atomic mass is 10.0. The van der Waals surface area contributed by atoms with Crippen molar-refractivity contribution in [2.45, 2.75) is 19.8 Å². The molecule has 102 valence electrons. The van der Waals surface area contributed by atoms with E-state index in [-0.39, 0.29) is 11.6 Å². The van der Waals surface area contributed by atoms with Gasteiger partial charge in [0.05, 0.1) is 11.2 Å². The molecular weight excluding hydrogens is 274 g/mol. The number of carbonyl (C=O) groups is 1. The Kier molecular flexibility index (Phi) is 3.40. The molecule has 1 aliphatic rings. The maximum absolute atomic E-state index is 12.7. The van der Waals surface area contributed by atoms with E-state index in [1.165, 1.54) is 11.8 Å². The number of aryl methyl sites for hydroxylation is 2. The first-order chi connectivity index (χ1) is 9.66. The highest BCUT2D eigenvalue weighted by Crippen LogP contribution is 2.28. The van der Waals surface area contributed by atoms with Crippen molar-refractivity contribution in [2.24, 2.45) is 0 Å². The first-order valence-corrected chi connectivity index (χ1v) is 6.93. The van der Waals surface area contributed by atoms with Crippen molar-refractivity contribution in [1.29, 1.82) is 0 Å². The van der Waals surface area contributed by atoms with E-state index in [1.807, 2.05) is 18.2 Å². The van der Waals surface area contributed by atoms with E-state index < -0.39 is 0 Å². The average Bonchev–Trinajstić information content (AvgIpc) is 2.48. The monoisotopic (exact) mass is 287 g/mol. The molecule has 1 amide bonds. The van der Waals surface area contributed by atoms with Gasteiger partial charge in [0, 0.05) is 12.2 Å². The number of amides is 1. The number of hydrogen-bond donors (Lipinski definition) is 0. The molecule has 4 nitrogen and oxygen atoms in total. The first kappa shape index (κ1) is 13.1. The number of carbonyl (C=O) groups excluding carboxylic acids is 1. The number of nitrogens with zero attached hydrogens (tertiary/aromatic N) is 3. The van der Waals surface area contributed by atoms with Gasteiger partial charge in [-0.2, -0.15) is 0 Å². The molecule has 0 spiro atoms. The molecule has 0 saturated carbocycles. The Morgan fingerprint density at radius 3 is 3.00 bits per heavy atom. The number of hydrogen-bond acceptors (Lipinski definition) is 3.